The highest BCUT2D eigenvalue weighted by atomic mass is 16.5. The molecule has 5 heteroatoms. The lowest BCUT2D eigenvalue weighted by atomic mass is 10.0. The van der Waals surface area contributed by atoms with Crippen molar-refractivity contribution in [1.82, 2.24) is 0 Å². The SMILES string of the molecule is COc1cccc(N2CC[NH+](Cc3cc(=O)oc4c(C)c(C)ccc34)CC2)c1. The molecule has 2 aromatic carbocycles. The second-order valence-corrected chi connectivity index (χ2v) is 7.59. The van der Waals surface area contributed by atoms with Crippen molar-refractivity contribution in [3.8, 4) is 5.75 Å². The van der Waals surface area contributed by atoms with Gasteiger partial charge in [-0.05, 0) is 37.1 Å². The maximum absolute atomic E-state index is 12.1. The predicted molar refractivity (Wildman–Crippen MR) is 112 cm³/mol. The average Bonchev–Trinajstić information content (AvgIpc) is 2.71. The van der Waals surface area contributed by atoms with Crippen LogP contribution < -0.4 is 20.2 Å². The summed E-state index contributed by atoms with van der Waals surface area (Å²) in [5.74, 6) is 0.889. The number of quaternary nitrogens is 1. The van der Waals surface area contributed by atoms with Crippen LogP contribution >= 0.6 is 0 Å². The second-order valence-electron chi connectivity index (χ2n) is 7.59. The molecule has 0 radical (unpaired) electrons. The van der Waals surface area contributed by atoms with Gasteiger partial charge in [0.05, 0.1) is 33.3 Å². The molecule has 3 aromatic rings. The van der Waals surface area contributed by atoms with Crippen LogP contribution in [-0.2, 0) is 6.54 Å². The molecule has 2 heterocycles. The van der Waals surface area contributed by atoms with Crippen LogP contribution in [0.3, 0.4) is 0 Å². The van der Waals surface area contributed by atoms with Crippen molar-refractivity contribution in [2.24, 2.45) is 0 Å². The maximum Gasteiger partial charge on any atom is 0.336 e. The van der Waals surface area contributed by atoms with Gasteiger partial charge in [-0.1, -0.05) is 18.2 Å². The minimum atomic E-state index is -0.259. The first kappa shape index (κ1) is 18.6. The first-order valence-corrected chi connectivity index (χ1v) is 9.80. The van der Waals surface area contributed by atoms with Crippen LogP contribution in [0.15, 0.2) is 51.7 Å². The number of nitrogens with one attached hydrogen (secondary N) is 1. The van der Waals surface area contributed by atoms with Gasteiger partial charge in [0.25, 0.3) is 0 Å². The molecule has 0 bridgehead atoms. The molecule has 5 nitrogen and oxygen atoms in total. The van der Waals surface area contributed by atoms with Gasteiger partial charge >= 0.3 is 5.63 Å². The number of aryl methyl sites for hydroxylation is 2. The zero-order valence-electron chi connectivity index (χ0n) is 16.7. The Labute approximate surface area is 165 Å². The van der Waals surface area contributed by atoms with E-state index in [0.29, 0.717) is 0 Å². The molecule has 146 valence electrons. The minimum absolute atomic E-state index is 0.259. The zero-order valence-corrected chi connectivity index (χ0v) is 16.7. The first-order valence-electron chi connectivity index (χ1n) is 9.80. The molecule has 1 aliphatic rings. The van der Waals surface area contributed by atoms with E-state index in [1.807, 2.05) is 26.0 Å². The molecular formula is C23H27N2O3+. The number of hydrogen-bond donors (Lipinski definition) is 1. The Morgan fingerprint density at radius 1 is 1.11 bits per heavy atom. The summed E-state index contributed by atoms with van der Waals surface area (Å²) in [5, 5.41) is 1.06. The lowest BCUT2D eigenvalue weighted by Crippen LogP contribution is -3.13. The Balaban J connectivity index is 1.51. The fourth-order valence-corrected chi connectivity index (χ4v) is 4.01. The molecule has 0 atom stereocenters. The van der Waals surface area contributed by atoms with Gasteiger partial charge in [-0.25, -0.2) is 4.79 Å². The van der Waals surface area contributed by atoms with Gasteiger partial charge in [0.1, 0.15) is 17.9 Å². The maximum atomic E-state index is 12.1. The largest absolute Gasteiger partial charge is 0.497 e. The van der Waals surface area contributed by atoms with Crippen LogP contribution in [0, 0.1) is 13.8 Å². The van der Waals surface area contributed by atoms with E-state index < -0.39 is 0 Å². The lowest BCUT2D eigenvalue weighted by molar-refractivity contribution is -0.914. The van der Waals surface area contributed by atoms with Gasteiger partial charge in [-0.2, -0.15) is 0 Å². The molecule has 0 amide bonds. The van der Waals surface area contributed by atoms with Crippen LogP contribution in [0.5, 0.6) is 5.75 Å². The Hall–Kier alpha value is -2.79. The van der Waals surface area contributed by atoms with Crippen LogP contribution in [0.2, 0.25) is 0 Å². The number of nitrogens with zero attached hydrogens (tertiary/aromatic N) is 1. The minimum Gasteiger partial charge on any atom is -0.497 e. The molecule has 1 aromatic heterocycles. The fraction of sp³-hybridized carbons (Fsp3) is 0.348. The van der Waals surface area contributed by atoms with Gasteiger partial charge in [0.15, 0.2) is 0 Å². The number of piperazine rings is 1. The van der Waals surface area contributed by atoms with Gasteiger partial charge in [0, 0.05) is 28.8 Å². The fourth-order valence-electron chi connectivity index (χ4n) is 4.01. The molecular weight excluding hydrogens is 352 g/mol. The number of anilines is 1. The van der Waals surface area contributed by atoms with Gasteiger partial charge in [0.2, 0.25) is 0 Å². The molecule has 1 N–H and O–H groups in total. The highest BCUT2D eigenvalue weighted by Crippen LogP contribution is 2.23. The van der Waals surface area contributed by atoms with E-state index in [9.17, 15) is 4.79 Å². The third-order valence-electron chi connectivity index (χ3n) is 5.85. The second kappa shape index (κ2) is 7.68. The van der Waals surface area contributed by atoms with E-state index in [2.05, 4.69) is 29.2 Å². The topological polar surface area (TPSA) is 47.1 Å². The van der Waals surface area contributed by atoms with Crippen LogP contribution in [0.25, 0.3) is 11.0 Å². The number of benzene rings is 2. The summed E-state index contributed by atoms with van der Waals surface area (Å²) in [5.41, 5.74) is 4.96. The van der Waals surface area contributed by atoms with Gasteiger partial charge in [-0.15, -0.1) is 0 Å². The first-order chi connectivity index (χ1) is 13.5. The quantitative estimate of drug-likeness (QED) is 0.707. The number of hydrogen-bond acceptors (Lipinski definition) is 4. The Bertz CT molecular complexity index is 1050. The molecule has 0 spiro atoms. The standard InChI is InChI=1S/C23H26N2O3/c1-16-7-8-21-18(13-22(26)28-23(21)17(16)2)15-24-9-11-25(12-10-24)19-5-4-6-20(14-19)27-3/h4-8,13-14H,9-12,15H2,1-3H3/p+1. The molecule has 1 saturated heterocycles. The van der Waals surface area contributed by atoms with Crippen LogP contribution in [0.1, 0.15) is 16.7 Å². The Morgan fingerprint density at radius 2 is 1.89 bits per heavy atom. The molecule has 28 heavy (non-hydrogen) atoms. The smallest absolute Gasteiger partial charge is 0.336 e. The molecule has 1 aliphatic heterocycles. The van der Waals surface area contributed by atoms with Gasteiger partial charge in [-0.3, -0.25) is 0 Å². The number of rotatable bonds is 4. The lowest BCUT2D eigenvalue weighted by Gasteiger charge is -2.34. The summed E-state index contributed by atoms with van der Waals surface area (Å²) in [7, 11) is 1.70. The Kier molecular flexibility index (Phi) is 5.09. The Morgan fingerprint density at radius 3 is 2.64 bits per heavy atom. The summed E-state index contributed by atoms with van der Waals surface area (Å²) in [4.78, 5) is 16.0. The average molecular weight is 379 g/mol. The molecule has 0 aliphatic carbocycles. The predicted octanol–water partition coefficient (Wildman–Crippen LogP) is 2.32. The zero-order chi connectivity index (χ0) is 19.7. The summed E-state index contributed by atoms with van der Waals surface area (Å²) >= 11 is 0. The van der Waals surface area contributed by atoms with Crippen molar-refractivity contribution < 1.29 is 14.1 Å². The van der Waals surface area contributed by atoms with Crippen molar-refractivity contribution in [2.45, 2.75) is 20.4 Å². The highest BCUT2D eigenvalue weighted by Gasteiger charge is 2.22. The van der Waals surface area contributed by atoms with Crippen molar-refractivity contribution in [3.05, 3.63) is 69.6 Å². The van der Waals surface area contributed by atoms with Crippen LogP contribution in [0.4, 0.5) is 5.69 Å². The van der Waals surface area contributed by atoms with E-state index in [4.69, 9.17) is 9.15 Å². The summed E-state index contributed by atoms with van der Waals surface area (Å²) < 4.78 is 10.9. The van der Waals surface area contributed by atoms with Crippen molar-refractivity contribution in [1.29, 1.82) is 0 Å². The number of methoxy groups -OCH3 is 1. The van der Waals surface area contributed by atoms with Crippen molar-refractivity contribution in [2.75, 3.05) is 38.2 Å². The number of ether oxygens (including phenoxy) is 1. The third kappa shape index (κ3) is 3.62. The molecule has 1 fully saturated rings. The third-order valence-corrected chi connectivity index (χ3v) is 5.85. The van der Waals surface area contributed by atoms with Crippen molar-refractivity contribution in [3.63, 3.8) is 0 Å². The highest BCUT2D eigenvalue weighted by molar-refractivity contribution is 5.83. The van der Waals surface area contributed by atoms with E-state index in [-0.39, 0.29) is 5.63 Å². The van der Waals surface area contributed by atoms with E-state index in [0.717, 1.165) is 66.1 Å². The summed E-state index contributed by atoms with van der Waals surface area (Å²) in [6.45, 7) is 8.94. The van der Waals surface area contributed by atoms with Crippen molar-refractivity contribution >= 4 is 16.7 Å². The molecule has 0 saturated carbocycles. The van der Waals surface area contributed by atoms with E-state index in [1.165, 1.54) is 10.6 Å². The normalized spacial score (nSPS) is 15.2. The van der Waals surface area contributed by atoms with Crippen LogP contribution in [-0.4, -0.2) is 33.3 Å². The molecule has 4 rings (SSSR count). The van der Waals surface area contributed by atoms with E-state index >= 15 is 0 Å². The monoisotopic (exact) mass is 379 g/mol. The number of fused-ring (bicyclic) bond motifs is 1. The summed E-state index contributed by atoms with van der Waals surface area (Å²) in [6, 6.07) is 14.1. The van der Waals surface area contributed by atoms with E-state index in [1.54, 1.807) is 13.2 Å². The molecule has 0 unspecified atom stereocenters. The van der Waals surface area contributed by atoms with Gasteiger partial charge < -0.3 is 19.0 Å². The summed E-state index contributed by atoms with van der Waals surface area (Å²) in [6.07, 6.45) is 0.